The molecule has 290 valence electrons. The number of benzene rings is 2. The third-order valence-corrected chi connectivity index (χ3v) is 8.46. The van der Waals surface area contributed by atoms with Crippen molar-refractivity contribution in [1.82, 2.24) is 26.2 Å². The number of halogens is 4. The summed E-state index contributed by atoms with van der Waals surface area (Å²) in [6.07, 6.45) is -0.0694. The van der Waals surface area contributed by atoms with E-state index in [-0.39, 0.29) is 26.0 Å². The number of ketones is 1. The first-order valence-corrected chi connectivity index (χ1v) is 16.9. The summed E-state index contributed by atoms with van der Waals surface area (Å²) in [4.78, 5) is 68.8. The van der Waals surface area contributed by atoms with Gasteiger partial charge >= 0.3 is 13.2 Å². The number of epoxide rings is 1. The number of alkyl halides is 4. The van der Waals surface area contributed by atoms with Crippen molar-refractivity contribution in [3.05, 3.63) is 71.8 Å². The zero-order valence-electron chi connectivity index (χ0n) is 28.9. The summed E-state index contributed by atoms with van der Waals surface area (Å²) in [5.41, 5.74) is 0.0739. The quantitative estimate of drug-likeness (QED) is 0.104. The smallest absolute Gasteiger partial charge is 0.345 e. The molecule has 2 aliphatic rings. The lowest BCUT2D eigenvalue weighted by atomic mass is 9.94. The molecular formula is C35H43F4N5O9. The normalized spacial score (nSPS) is 19.5. The number of ether oxygens (including phenoxy) is 4. The minimum atomic E-state index is -3.38. The molecule has 0 radical (unpaired) electrons. The molecule has 2 aromatic rings. The molecule has 4 amide bonds. The number of hydrogen-bond acceptors (Lipinski definition) is 10. The van der Waals surface area contributed by atoms with Gasteiger partial charge in [-0.15, -0.1) is 0 Å². The van der Waals surface area contributed by atoms with Crippen LogP contribution in [0.5, 0.6) is 0 Å². The Morgan fingerprint density at radius 2 is 1.13 bits per heavy atom. The Balaban J connectivity index is 1.51. The van der Waals surface area contributed by atoms with Gasteiger partial charge in [0.25, 0.3) is 0 Å². The van der Waals surface area contributed by atoms with Gasteiger partial charge in [0.2, 0.25) is 23.6 Å². The van der Waals surface area contributed by atoms with Crippen LogP contribution in [0.2, 0.25) is 0 Å². The first-order chi connectivity index (χ1) is 25.3. The molecule has 53 heavy (non-hydrogen) atoms. The Morgan fingerprint density at radius 3 is 1.58 bits per heavy atom. The molecule has 18 heteroatoms. The van der Waals surface area contributed by atoms with Crippen LogP contribution in [-0.4, -0.2) is 130 Å². The van der Waals surface area contributed by atoms with Gasteiger partial charge in [0, 0.05) is 19.5 Å². The number of hydrogen-bond donors (Lipinski definition) is 4. The molecule has 2 saturated heterocycles. The van der Waals surface area contributed by atoms with E-state index in [9.17, 15) is 41.5 Å². The van der Waals surface area contributed by atoms with Gasteiger partial charge in [-0.05, 0) is 24.5 Å². The number of Topliss-reactive ketones (excluding diaryl/α,β-unsaturated/α-hetero) is 1. The number of morpholine rings is 1. The Labute approximate surface area is 303 Å². The summed E-state index contributed by atoms with van der Waals surface area (Å²) < 4.78 is 71.9. The molecule has 4 N–H and O–H groups in total. The summed E-state index contributed by atoms with van der Waals surface area (Å²) in [7, 11) is 0. The topological polar surface area (TPSA) is 177 Å². The van der Waals surface area contributed by atoms with Gasteiger partial charge in [-0.1, -0.05) is 60.7 Å². The highest BCUT2D eigenvalue weighted by Crippen LogP contribution is 2.29. The first kappa shape index (κ1) is 41.3. The number of nitrogens with zero attached hydrogens (tertiary/aromatic N) is 1. The summed E-state index contributed by atoms with van der Waals surface area (Å²) in [5, 5.41) is 9.52. The van der Waals surface area contributed by atoms with Crippen molar-refractivity contribution in [2.75, 3.05) is 52.7 Å². The van der Waals surface area contributed by atoms with Crippen LogP contribution >= 0.6 is 0 Å². The van der Waals surface area contributed by atoms with Crippen molar-refractivity contribution in [3.8, 4) is 0 Å². The van der Waals surface area contributed by atoms with Crippen molar-refractivity contribution < 1.29 is 60.5 Å². The van der Waals surface area contributed by atoms with Crippen LogP contribution in [0.25, 0.3) is 0 Å². The number of carbonyl (C=O) groups is 5. The third kappa shape index (κ3) is 13.8. The Morgan fingerprint density at radius 1 is 0.698 bits per heavy atom. The molecule has 0 bridgehead atoms. The molecule has 14 nitrogen and oxygen atoms in total. The van der Waals surface area contributed by atoms with Crippen molar-refractivity contribution in [2.45, 2.75) is 62.8 Å². The third-order valence-electron chi connectivity index (χ3n) is 8.46. The van der Waals surface area contributed by atoms with E-state index >= 15 is 0 Å². The van der Waals surface area contributed by atoms with Crippen LogP contribution in [0.1, 0.15) is 18.1 Å². The van der Waals surface area contributed by atoms with E-state index in [1.807, 2.05) is 4.90 Å². The van der Waals surface area contributed by atoms with Crippen molar-refractivity contribution in [3.63, 3.8) is 0 Å². The SMILES string of the molecule is C[C@]1(C(=O)[C@H](Cc2ccccc2)NC(=O)[C@H](COC(F)F)NC(=O)[C@H](COC(F)F)NC(=O)[C@H](Cc2ccccc2)NC(=O)CN2CCOCC2)CO1. The number of carbonyl (C=O) groups excluding carboxylic acids is 5. The minimum Gasteiger partial charge on any atom is -0.379 e. The van der Waals surface area contributed by atoms with Gasteiger partial charge in [-0.3, -0.25) is 28.9 Å². The van der Waals surface area contributed by atoms with E-state index in [2.05, 4.69) is 30.7 Å². The van der Waals surface area contributed by atoms with E-state index in [1.165, 1.54) is 6.92 Å². The molecule has 2 aromatic carbocycles. The van der Waals surface area contributed by atoms with Crippen LogP contribution in [0, 0.1) is 0 Å². The highest BCUT2D eigenvalue weighted by molar-refractivity contribution is 5.99. The van der Waals surface area contributed by atoms with Gasteiger partial charge < -0.3 is 40.2 Å². The second-order valence-corrected chi connectivity index (χ2v) is 12.6. The predicted octanol–water partition coefficient (Wildman–Crippen LogP) is 0.580. The highest BCUT2D eigenvalue weighted by atomic mass is 19.3. The standard InChI is InChI=1S/C35H43F4N5O9/c1-35(21-53-35)29(46)24(16-22-8-4-2-5-9-22)41-31(48)26(19-51-33(36)37)43-32(49)27(20-52-34(38)39)42-30(47)25(17-23-10-6-3-7-11-23)40-28(45)18-44-12-14-50-15-13-44/h2-11,24-27,33-34H,12-21H2,1H3,(H,40,45)(H,41,48)(H,42,47)(H,43,49)/t24-,25-,26-,27-,35+/m0/s1. The maximum absolute atomic E-state index is 13.6. The van der Waals surface area contributed by atoms with Gasteiger partial charge in [-0.2, -0.15) is 17.6 Å². The largest absolute Gasteiger partial charge is 0.379 e. The Kier molecular flexibility index (Phi) is 15.6. The molecule has 4 rings (SSSR count). The lowest BCUT2D eigenvalue weighted by Crippen LogP contribution is -2.61. The van der Waals surface area contributed by atoms with Gasteiger partial charge in [0.05, 0.1) is 45.6 Å². The number of amides is 4. The average molecular weight is 754 g/mol. The lowest BCUT2D eigenvalue weighted by molar-refractivity contribution is -0.154. The van der Waals surface area contributed by atoms with Crippen LogP contribution in [0.3, 0.4) is 0 Å². The summed E-state index contributed by atoms with van der Waals surface area (Å²) in [6.45, 7) is -5.63. The van der Waals surface area contributed by atoms with E-state index in [0.717, 1.165) is 0 Å². The fraction of sp³-hybridized carbons (Fsp3) is 0.514. The number of nitrogens with one attached hydrogen (secondary N) is 4. The van der Waals surface area contributed by atoms with Crippen LogP contribution in [0.15, 0.2) is 60.7 Å². The molecular weight excluding hydrogens is 710 g/mol. The zero-order valence-corrected chi connectivity index (χ0v) is 28.9. The monoisotopic (exact) mass is 753 g/mol. The molecule has 2 fully saturated rings. The molecule has 0 spiro atoms. The second-order valence-electron chi connectivity index (χ2n) is 12.6. The van der Waals surface area contributed by atoms with Crippen LogP contribution < -0.4 is 21.3 Å². The van der Waals surface area contributed by atoms with Gasteiger partial charge in [-0.25, -0.2) is 0 Å². The molecule has 0 saturated carbocycles. The van der Waals surface area contributed by atoms with Crippen molar-refractivity contribution in [2.24, 2.45) is 0 Å². The van der Waals surface area contributed by atoms with E-state index in [0.29, 0.717) is 37.4 Å². The molecule has 2 aliphatic heterocycles. The Bertz CT molecular complexity index is 1520. The second kappa shape index (κ2) is 20.1. The molecule has 5 atom stereocenters. The fourth-order valence-corrected chi connectivity index (χ4v) is 5.46. The van der Waals surface area contributed by atoms with E-state index in [1.54, 1.807) is 60.7 Å². The molecule has 2 heterocycles. The molecule has 0 aliphatic carbocycles. The minimum absolute atomic E-state index is 0.0122. The highest BCUT2D eigenvalue weighted by Gasteiger charge is 2.50. The van der Waals surface area contributed by atoms with E-state index in [4.69, 9.17) is 9.47 Å². The first-order valence-electron chi connectivity index (χ1n) is 16.9. The predicted molar refractivity (Wildman–Crippen MR) is 179 cm³/mol. The molecule has 0 aromatic heterocycles. The Hall–Kier alpha value is -4.49. The molecule has 0 unspecified atom stereocenters. The summed E-state index contributed by atoms with van der Waals surface area (Å²) in [5.74, 6) is -4.39. The average Bonchev–Trinajstić information content (AvgIpc) is 3.89. The maximum atomic E-state index is 13.6. The lowest BCUT2D eigenvalue weighted by Gasteiger charge is -2.28. The maximum Gasteiger partial charge on any atom is 0.345 e. The van der Waals surface area contributed by atoms with Gasteiger partial charge in [0.1, 0.15) is 23.7 Å². The summed E-state index contributed by atoms with van der Waals surface area (Å²) >= 11 is 0. The van der Waals surface area contributed by atoms with Gasteiger partial charge in [0.15, 0.2) is 5.78 Å². The van der Waals surface area contributed by atoms with Crippen LogP contribution in [0.4, 0.5) is 17.6 Å². The number of rotatable bonds is 21. The zero-order chi connectivity index (χ0) is 38.4. The van der Waals surface area contributed by atoms with E-state index < -0.39 is 85.6 Å². The fourth-order valence-electron chi connectivity index (χ4n) is 5.46. The van der Waals surface area contributed by atoms with Crippen molar-refractivity contribution >= 4 is 29.4 Å². The van der Waals surface area contributed by atoms with Crippen molar-refractivity contribution in [1.29, 1.82) is 0 Å². The summed E-state index contributed by atoms with van der Waals surface area (Å²) in [6, 6.07) is 10.8. The van der Waals surface area contributed by atoms with Crippen LogP contribution in [-0.2, 0) is 55.8 Å².